The lowest BCUT2D eigenvalue weighted by Gasteiger charge is -2.16. The van der Waals surface area contributed by atoms with Crippen LogP contribution in [0.15, 0.2) is 48.5 Å². The average Bonchev–Trinajstić information content (AvgIpc) is 3.23. The van der Waals surface area contributed by atoms with E-state index in [4.69, 9.17) is 4.74 Å². The van der Waals surface area contributed by atoms with Crippen molar-refractivity contribution < 1.29 is 27.8 Å². The number of nitrogens with one attached hydrogen (secondary N) is 2. The van der Waals surface area contributed by atoms with Gasteiger partial charge in [-0.05, 0) is 55.7 Å². The first-order valence-electron chi connectivity index (χ1n) is 9.30. The zero-order valence-electron chi connectivity index (χ0n) is 15.9. The van der Waals surface area contributed by atoms with Crippen LogP contribution in [0, 0.1) is 0 Å². The molecule has 1 heterocycles. The Morgan fingerprint density at radius 3 is 2.59 bits per heavy atom. The van der Waals surface area contributed by atoms with Gasteiger partial charge in [-0.15, -0.1) is 0 Å². The predicted molar refractivity (Wildman–Crippen MR) is 103 cm³/mol. The van der Waals surface area contributed by atoms with Crippen molar-refractivity contribution in [1.82, 2.24) is 5.32 Å². The minimum absolute atomic E-state index is 0.0527. The van der Waals surface area contributed by atoms with Gasteiger partial charge in [-0.1, -0.05) is 18.2 Å². The third kappa shape index (κ3) is 5.74. The van der Waals surface area contributed by atoms with Gasteiger partial charge in [0.25, 0.3) is 11.8 Å². The summed E-state index contributed by atoms with van der Waals surface area (Å²) in [4.78, 5) is 24.7. The van der Waals surface area contributed by atoms with E-state index < -0.39 is 12.7 Å². The number of rotatable bonds is 7. The smallest absolute Gasteiger partial charge is 0.387 e. The van der Waals surface area contributed by atoms with E-state index in [0.29, 0.717) is 24.3 Å². The lowest BCUT2D eigenvalue weighted by Crippen LogP contribution is -2.28. The molecule has 8 heteroatoms. The summed E-state index contributed by atoms with van der Waals surface area (Å²) in [6.45, 7) is -0.525. The topological polar surface area (TPSA) is 76.7 Å². The number of carbonyl (C=O) groups excluding carboxylic acids is 2. The number of hydrogen-bond donors (Lipinski definition) is 2. The molecular formula is C21H22F2N2O4. The second kappa shape index (κ2) is 9.47. The molecule has 2 N–H and O–H groups in total. The minimum atomic E-state index is -2.88. The lowest BCUT2D eigenvalue weighted by atomic mass is 10.1. The molecule has 0 aliphatic carbocycles. The highest BCUT2D eigenvalue weighted by Crippen LogP contribution is 2.20. The van der Waals surface area contributed by atoms with Crippen LogP contribution in [-0.2, 0) is 9.53 Å². The third-order valence-electron chi connectivity index (χ3n) is 4.57. The molecular weight excluding hydrogens is 382 g/mol. The van der Waals surface area contributed by atoms with E-state index in [1.54, 1.807) is 43.3 Å². The molecule has 2 aromatic rings. The van der Waals surface area contributed by atoms with Gasteiger partial charge in [0, 0.05) is 17.9 Å². The van der Waals surface area contributed by atoms with Crippen LogP contribution >= 0.6 is 0 Å². The van der Waals surface area contributed by atoms with Gasteiger partial charge >= 0.3 is 6.61 Å². The first-order chi connectivity index (χ1) is 13.9. The summed E-state index contributed by atoms with van der Waals surface area (Å²) in [5.41, 5.74) is 1.64. The molecule has 0 aromatic heterocycles. The van der Waals surface area contributed by atoms with E-state index in [2.05, 4.69) is 15.4 Å². The molecule has 0 saturated carbocycles. The number of hydrogen-bond acceptors (Lipinski definition) is 4. The zero-order valence-corrected chi connectivity index (χ0v) is 15.9. The fourth-order valence-electron chi connectivity index (χ4n) is 3.05. The maximum Gasteiger partial charge on any atom is 0.387 e. The van der Waals surface area contributed by atoms with Crippen molar-refractivity contribution in [3.63, 3.8) is 0 Å². The van der Waals surface area contributed by atoms with Crippen LogP contribution in [0.5, 0.6) is 5.75 Å². The quantitative estimate of drug-likeness (QED) is 0.734. The number of anilines is 1. The highest BCUT2D eigenvalue weighted by molar-refractivity contribution is 5.98. The van der Waals surface area contributed by atoms with E-state index in [-0.39, 0.29) is 23.6 Å². The first-order valence-corrected chi connectivity index (χ1v) is 9.30. The Morgan fingerprint density at radius 1 is 1.17 bits per heavy atom. The fraction of sp³-hybridized carbons (Fsp3) is 0.333. The van der Waals surface area contributed by atoms with Gasteiger partial charge < -0.3 is 20.1 Å². The van der Waals surface area contributed by atoms with Crippen LogP contribution in [0.1, 0.15) is 41.7 Å². The van der Waals surface area contributed by atoms with Crippen LogP contribution < -0.4 is 15.4 Å². The molecule has 29 heavy (non-hydrogen) atoms. The molecule has 0 radical (unpaired) electrons. The van der Waals surface area contributed by atoms with Crippen molar-refractivity contribution in [2.45, 2.75) is 38.5 Å². The molecule has 2 aromatic carbocycles. The van der Waals surface area contributed by atoms with Crippen LogP contribution in [0.4, 0.5) is 14.5 Å². The Labute approximate surface area is 167 Å². The summed E-state index contributed by atoms with van der Waals surface area (Å²) in [5.74, 6) is -0.491. The van der Waals surface area contributed by atoms with Crippen molar-refractivity contribution in [3.8, 4) is 5.75 Å². The maximum absolute atomic E-state index is 12.6. The SMILES string of the molecule is C[C@@H](NC(=O)c1cccc(NC(=O)[C@@H]2CCCO2)c1)c1ccc(OC(F)F)cc1. The van der Waals surface area contributed by atoms with Gasteiger partial charge in [0.15, 0.2) is 0 Å². The highest BCUT2D eigenvalue weighted by Gasteiger charge is 2.23. The summed E-state index contributed by atoms with van der Waals surface area (Å²) in [6, 6.07) is 12.3. The summed E-state index contributed by atoms with van der Waals surface area (Å²) < 4.78 is 34.1. The van der Waals surface area contributed by atoms with Crippen LogP contribution in [0.25, 0.3) is 0 Å². The second-order valence-electron chi connectivity index (χ2n) is 6.71. The molecule has 1 saturated heterocycles. The highest BCUT2D eigenvalue weighted by atomic mass is 19.3. The van der Waals surface area contributed by atoms with E-state index in [9.17, 15) is 18.4 Å². The first kappa shape index (κ1) is 20.7. The number of halogens is 2. The normalized spacial score (nSPS) is 17.0. The molecule has 2 amide bonds. The number of alkyl halides is 2. The standard InChI is InChI=1S/C21H22F2N2O4/c1-13(14-7-9-17(10-8-14)29-21(22)23)24-19(26)15-4-2-5-16(12-15)25-20(27)18-6-3-11-28-18/h2,4-5,7-10,12-13,18,21H,3,6,11H2,1H3,(H,24,26)(H,25,27)/t13-,18+/m1/s1. The molecule has 2 atom stereocenters. The maximum atomic E-state index is 12.6. The Morgan fingerprint density at radius 2 is 1.93 bits per heavy atom. The van der Waals surface area contributed by atoms with E-state index in [1.165, 1.54) is 12.1 Å². The molecule has 3 rings (SSSR count). The molecule has 1 aliphatic rings. The van der Waals surface area contributed by atoms with Crippen molar-refractivity contribution >= 4 is 17.5 Å². The van der Waals surface area contributed by atoms with Gasteiger partial charge in [0.05, 0.1) is 6.04 Å². The average molecular weight is 404 g/mol. The Kier molecular flexibility index (Phi) is 6.77. The monoisotopic (exact) mass is 404 g/mol. The number of amides is 2. The molecule has 0 bridgehead atoms. The third-order valence-corrected chi connectivity index (χ3v) is 4.57. The van der Waals surface area contributed by atoms with E-state index in [0.717, 1.165) is 12.0 Å². The molecule has 154 valence electrons. The molecule has 6 nitrogen and oxygen atoms in total. The number of ether oxygens (including phenoxy) is 2. The van der Waals surface area contributed by atoms with Crippen LogP contribution in [0.2, 0.25) is 0 Å². The minimum Gasteiger partial charge on any atom is -0.435 e. The van der Waals surface area contributed by atoms with Crippen molar-refractivity contribution in [3.05, 3.63) is 59.7 Å². The number of benzene rings is 2. The van der Waals surface area contributed by atoms with Gasteiger partial charge in [-0.2, -0.15) is 8.78 Å². The second-order valence-corrected chi connectivity index (χ2v) is 6.71. The van der Waals surface area contributed by atoms with Gasteiger partial charge in [-0.25, -0.2) is 0 Å². The number of carbonyl (C=O) groups is 2. The van der Waals surface area contributed by atoms with E-state index >= 15 is 0 Å². The molecule has 1 aliphatic heterocycles. The van der Waals surface area contributed by atoms with Crippen molar-refractivity contribution in [2.75, 3.05) is 11.9 Å². The summed E-state index contributed by atoms with van der Waals surface area (Å²) in [5, 5.41) is 5.61. The predicted octanol–water partition coefficient (Wildman–Crippen LogP) is 3.90. The fourth-order valence-corrected chi connectivity index (χ4v) is 3.05. The van der Waals surface area contributed by atoms with Crippen LogP contribution in [0.3, 0.4) is 0 Å². The molecule has 1 fully saturated rings. The van der Waals surface area contributed by atoms with Crippen molar-refractivity contribution in [2.24, 2.45) is 0 Å². The Bertz CT molecular complexity index is 852. The van der Waals surface area contributed by atoms with Gasteiger partial charge in [-0.3, -0.25) is 9.59 Å². The van der Waals surface area contributed by atoms with E-state index in [1.807, 2.05) is 0 Å². The van der Waals surface area contributed by atoms with Crippen LogP contribution in [-0.4, -0.2) is 31.1 Å². The molecule has 0 spiro atoms. The summed E-state index contributed by atoms with van der Waals surface area (Å²) >= 11 is 0. The van der Waals surface area contributed by atoms with Gasteiger partial charge in [0.2, 0.25) is 0 Å². The zero-order chi connectivity index (χ0) is 20.8. The lowest BCUT2D eigenvalue weighted by molar-refractivity contribution is -0.124. The van der Waals surface area contributed by atoms with Gasteiger partial charge in [0.1, 0.15) is 11.9 Å². The molecule has 0 unspecified atom stereocenters. The Balaban J connectivity index is 1.60. The largest absolute Gasteiger partial charge is 0.435 e. The van der Waals surface area contributed by atoms with Crippen molar-refractivity contribution in [1.29, 1.82) is 0 Å². The Hall–Kier alpha value is -3.00. The summed E-state index contributed by atoms with van der Waals surface area (Å²) in [6.07, 6.45) is 1.09. The summed E-state index contributed by atoms with van der Waals surface area (Å²) in [7, 11) is 0.